The molecule has 0 radical (unpaired) electrons. The standard InChI is InChI=1S/C15H18N4O/c1-3-16-14-11-17-13(10-18-14)15(20)19(4-2)12-8-6-5-7-9-12/h5-11H,3-4H2,1-2H3,(H,16,18). The number of para-hydroxylation sites is 1. The van der Waals surface area contributed by atoms with Gasteiger partial charge in [0, 0.05) is 18.8 Å². The Bertz CT molecular complexity index is 554. The van der Waals surface area contributed by atoms with E-state index in [4.69, 9.17) is 0 Å². The topological polar surface area (TPSA) is 58.1 Å². The van der Waals surface area contributed by atoms with E-state index in [2.05, 4.69) is 15.3 Å². The van der Waals surface area contributed by atoms with Gasteiger partial charge in [0.2, 0.25) is 0 Å². The third kappa shape index (κ3) is 3.12. The molecular weight excluding hydrogens is 252 g/mol. The lowest BCUT2D eigenvalue weighted by Gasteiger charge is -2.20. The zero-order valence-electron chi connectivity index (χ0n) is 11.7. The van der Waals surface area contributed by atoms with Crippen molar-refractivity contribution in [2.45, 2.75) is 13.8 Å². The number of aromatic nitrogens is 2. The molecule has 0 aliphatic carbocycles. The molecule has 5 heteroatoms. The molecule has 1 N–H and O–H groups in total. The first-order chi connectivity index (χ1) is 9.76. The van der Waals surface area contributed by atoms with Crippen molar-refractivity contribution < 1.29 is 4.79 Å². The molecule has 0 aliphatic rings. The zero-order valence-corrected chi connectivity index (χ0v) is 11.7. The molecule has 0 fully saturated rings. The van der Waals surface area contributed by atoms with Crippen LogP contribution < -0.4 is 10.2 Å². The van der Waals surface area contributed by atoms with Crippen molar-refractivity contribution in [3.63, 3.8) is 0 Å². The number of amides is 1. The van der Waals surface area contributed by atoms with Crippen LogP contribution in [0.5, 0.6) is 0 Å². The van der Waals surface area contributed by atoms with Crippen molar-refractivity contribution in [3.8, 4) is 0 Å². The van der Waals surface area contributed by atoms with Crippen molar-refractivity contribution >= 4 is 17.4 Å². The molecule has 0 spiro atoms. The second-order valence-electron chi connectivity index (χ2n) is 4.20. The van der Waals surface area contributed by atoms with Crippen LogP contribution in [0.4, 0.5) is 11.5 Å². The summed E-state index contributed by atoms with van der Waals surface area (Å²) < 4.78 is 0. The highest BCUT2D eigenvalue weighted by atomic mass is 16.2. The van der Waals surface area contributed by atoms with Gasteiger partial charge < -0.3 is 10.2 Å². The van der Waals surface area contributed by atoms with Crippen LogP contribution in [0.3, 0.4) is 0 Å². The van der Waals surface area contributed by atoms with Gasteiger partial charge in [-0.2, -0.15) is 0 Å². The van der Waals surface area contributed by atoms with Gasteiger partial charge in [-0.3, -0.25) is 4.79 Å². The molecule has 0 aliphatic heterocycles. The maximum absolute atomic E-state index is 12.4. The van der Waals surface area contributed by atoms with E-state index in [-0.39, 0.29) is 5.91 Å². The second-order valence-corrected chi connectivity index (χ2v) is 4.20. The van der Waals surface area contributed by atoms with Crippen LogP contribution in [0.1, 0.15) is 24.3 Å². The number of carbonyl (C=O) groups excluding carboxylic acids is 1. The molecule has 1 heterocycles. The number of anilines is 2. The van der Waals surface area contributed by atoms with Crippen LogP contribution in [0, 0.1) is 0 Å². The molecule has 2 rings (SSSR count). The summed E-state index contributed by atoms with van der Waals surface area (Å²) >= 11 is 0. The average Bonchev–Trinajstić information content (AvgIpc) is 2.50. The normalized spacial score (nSPS) is 10.1. The maximum Gasteiger partial charge on any atom is 0.278 e. The van der Waals surface area contributed by atoms with Gasteiger partial charge in [0.25, 0.3) is 5.91 Å². The second kappa shape index (κ2) is 6.65. The van der Waals surface area contributed by atoms with Crippen molar-refractivity contribution in [2.24, 2.45) is 0 Å². The van der Waals surface area contributed by atoms with Gasteiger partial charge >= 0.3 is 0 Å². The fourth-order valence-corrected chi connectivity index (χ4v) is 1.90. The summed E-state index contributed by atoms with van der Waals surface area (Å²) in [5, 5.41) is 3.05. The van der Waals surface area contributed by atoms with Gasteiger partial charge in [-0.05, 0) is 26.0 Å². The summed E-state index contributed by atoms with van der Waals surface area (Å²) in [6.07, 6.45) is 3.08. The number of nitrogens with zero attached hydrogens (tertiary/aromatic N) is 3. The molecule has 0 saturated carbocycles. The van der Waals surface area contributed by atoms with E-state index in [0.29, 0.717) is 18.1 Å². The van der Waals surface area contributed by atoms with Crippen molar-refractivity contribution in [1.82, 2.24) is 9.97 Å². The Morgan fingerprint density at radius 1 is 1.15 bits per heavy atom. The Hall–Kier alpha value is -2.43. The lowest BCUT2D eigenvalue weighted by Crippen LogP contribution is -2.31. The Morgan fingerprint density at radius 2 is 1.90 bits per heavy atom. The van der Waals surface area contributed by atoms with E-state index in [1.807, 2.05) is 44.2 Å². The molecule has 0 bridgehead atoms. The summed E-state index contributed by atoms with van der Waals surface area (Å²) in [6, 6.07) is 9.55. The zero-order chi connectivity index (χ0) is 14.4. The van der Waals surface area contributed by atoms with E-state index in [1.165, 1.54) is 6.20 Å². The number of carbonyl (C=O) groups is 1. The smallest absolute Gasteiger partial charge is 0.278 e. The summed E-state index contributed by atoms with van der Waals surface area (Å²) in [7, 11) is 0. The largest absolute Gasteiger partial charge is 0.369 e. The number of hydrogen-bond donors (Lipinski definition) is 1. The number of nitrogens with one attached hydrogen (secondary N) is 1. The molecule has 1 aromatic heterocycles. The maximum atomic E-state index is 12.4. The van der Waals surface area contributed by atoms with E-state index >= 15 is 0 Å². The molecule has 0 unspecified atom stereocenters. The van der Waals surface area contributed by atoms with Gasteiger partial charge in [0.15, 0.2) is 0 Å². The third-order valence-corrected chi connectivity index (χ3v) is 2.86. The molecule has 1 aromatic carbocycles. The highest BCUT2D eigenvalue weighted by molar-refractivity contribution is 6.04. The molecule has 1 amide bonds. The third-order valence-electron chi connectivity index (χ3n) is 2.86. The highest BCUT2D eigenvalue weighted by Crippen LogP contribution is 2.15. The van der Waals surface area contributed by atoms with E-state index in [1.54, 1.807) is 11.1 Å². The van der Waals surface area contributed by atoms with E-state index in [9.17, 15) is 4.79 Å². The van der Waals surface area contributed by atoms with Crippen molar-refractivity contribution in [1.29, 1.82) is 0 Å². The Morgan fingerprint density at radius 3 is 2.45 bits per heavy atom. The molecule has 104 valence electrons. The first-order valence-corrected chi connectivity index (χ1v) is 6.69. The Kier molecular flexibility index (Phi) is 4.65. The Labute approximate surface area is 118 Å². The first kappa shape index (κ1) is 14.0. The predicted molar refractivity (Wildman–Crippen MR) is 80.0 cm³/mol. The molecule has 5 nitrogen and oxygen atoms in total. The van der Waals surface area contributed by atoms with Crippen molar-refractivity contribution in [2.75, 3.05) is 23.3 Å². The molecule has 0 atom stereocenters. The quantitative estimate of drug-likeness (QED) is 0.907. The minimum Gasteiger partial charge on any atom is -0.369 e. The monoisotopic (exact) mass is 270 g/mol. The van der Waals surface area contributed by atoms with Gasteiger partial charge in [-0.25, -0.2) is 9.97 Å². The first-order valence-electron chi connectivity index (χ1n) is 6.69. The van der Waals surface area contributed by atoms with E-state index in [0.717, 1.165) is 12.2 Å². The summed E-state index contributed by atoms with van der Waals surface area (Å²) in [6.45, 7) is 5.27. The lowest BCUT2D eigenvalue weighted by molar-refractivity contribution is 0.0983. The van der Waals surface area contributed by atoms with Gasteiger partial charge in [-0.15, -0.1) is 0 Å². The van der Waals surface area contributed by atoms with Gasteiger partial charge in [-0.1, -0.05) is 18.2 Å². The number of benzene rings is 1. The average molecular weight is 270 g/mol. The van der Waals surface area contributed by atoms with Gasteiger partial charge in [0.05, 0.1) is 12.4 Å². The molecule has 20 heavy (non-hydrogen) atoms. The van der Waals surface area contributed by atoms with Crippen LogP contribution in [-0.4, -0.2) is 29.0 Å². The summed E-state index contributed by atoms with van der Waals surface area (Å²) in [4.78, 5) is 22.5. The highest BCUT2D eigenvalue weighted by Gasteiger charge is 2.17. The minimum atomic E-state index is -0.144. The van der Waals surface area contributed by atoms with Crippen LogP contribution in [0.15, 0.2) is 42.7 Å². The van der Waals surface area contributed by atoms with E-state index < -0.39 is 0 Å². The number of rotatable bonds is 5. The van der Waals surface area contributed by atoms with Gasteiger partial charge in [0.1, 0.15) is 11.5 Å². The predicted octanol–water partition coefficient (Wildman–Crippen LogP) is 2.58. The van der Waals surface area contributed by atoms with Crippen LogP contribution in [0.25, 0.3) is 0 Å². The molecule has 0 saturated heterocycles. The Balaban J connectivity index is 2.20. The van der Waals surface area contributed by atoms with Crippen LogP contribution in [0.2, 0.25) is 0 Å². The molecule has 2 aromatic rings. The number of hydrogen-bond acceptors (Lipinski definition) is 4. The summed E-state index contributed by atoms with van der Waals surface area (Å²) in [5.74, 6) is 0.529. The lowest BCUT2D eigenvalue weighted by atomic mass is 10.2. The van der Waals surface area contributed by atoms with Crippen LogP contribution in [-0.2, 0) is 0 Å². The minimum absolute atomic E-state index is 0.144. The van der Waals surface area contributed by atoms with Crippen molar-refractivity contribution in [3.05, 3.63) is 48.4 Å². The fraction of sp³-hybridized carbons (Fsp3) is 0.267. The van der Waals surface area contributed by atoms with Crippen LogP contribution >= 0.6 is 0 Å². The summed E-state index contributed by atoms with van der Waals surface area (Å²) in [5.41, 5.74) is 1.20. The SMILES string of the molecule is CCNc1cnc(C(=O)N(CC)c2ccccc2)cn1. The fourth-order valence-electron chi connectivity index (χ4n) is 1.90. The molecular formula is C15H18N4O.